The number of methoxy groups -OCH3 is 1. The van der Waals surface area contributed by atoms with Crippen LogP contribution in [0.15, 0.2) is 48.5 Å². The maximum Gasteiger partial charge on any atom is 0.337 e. The molecule has 2 amide bonds. The second-order valence-electron chi connectivity index (χ2n) is 4.83. The first-order chi connectivity index (χ1) is 11.1. The largest absolute Gasteiger partial charge is 0.465 e. The van der Waals surface area contributed by atoms with Gasteiger partial charge in [0.2, 0.25) is 0 Å². The first kappa shape index (κ1) is 16.5. The molecule has 2 aromatic rings. The van der Waals surface area contributed by atoms with E-state index in [0.717, 1.165) is 5.56 Å². The molecule has 23 heavy (non-hydrogen) atoms. The standard InChI is InChI=1S/C17H17FN2O3/c1-23-16(21)13-5-7-15(8-6-13)20-17(22)19-10-9-12-3-2-4-14(18)11-12/h2-8,11H,9-10H2,1H3,(H2,19,20,22). The summed E-state index contributed by atoms with van der Waals surface area (Å²) in [6, 6.07) is 12.2. The van der Waals surface area contributed by atoms with Crippen molar-refractivity contribution in [2.45, 2.75) is 6.42 Å². The lowest BCUT2D eigenvalue weighted by atomic mass is 10.1. The highest BCUT2D eigenvalue weighted by Gasteiger charge is 2.06. The summed E-state index contributed by atoms with van der Waals surface area (Å²) in [5, 5.41) is 5.33. The van der Waals surface area contributed by atoms with E-state index in [-0.39, 0.29) is 11.8 Å². The molecule has 2 aromatic carbocycles. The smallest absolute Gasteiger partial charge is 0.337 e. The summed E-state index contributed by atoms with van der Waals surface area (Å²) in [5.41, 5.74) is 1.78. The highest BCUT2D eigenvalue weighted by molar-refractivity contribution is 5.92. The molecule has 2 rings (SSSR count). The molecule has 0 bridgehead atoms. The van der Waals surface area contributed by atoms with Gasteiger partial charge in [0.1, 0.15) is 5.82 Å². The van der Waals surface area contributed by atoms with Crippen LogP contribution in [0.1, 0.15) is 15.9 Å². The quantitative estimate of drug-likeness (QED) is 0.833. The topological polar surface area (TPSA) is 67.4 Å². The highest BCUT2D eigenvalue weighted by Crippen LogP contribution is 2.10. The number of halogens is 1. The SMILES string of the molecule is COC(=O)c1ccc(NC(=O)NCCc2cccc(F)c2)cc1. The average Bonchev–Trinajstić information content (AvgIpc) is 2.55. The van der Waals surface area contributed by atoms with E-state index in [9.17, 15) is 14.0 Å². The molecule has 2 N–H and O–H groups in total. The van der Waals surface area contributed by atoms with Gasteiger partial charge in [-0.3, -0.25) is 0 Å². The van der Waals surface area contributed by atoms with Crippen LogP contribution >= 0.6 is 0 Å². The number of nitrogens with one attached hydrogen (secondary N) is 2. The molecule has 0 atom stereocenters. The Morgan fingerprint density at radius 3 is 2.52 bits per heavy atom. The Kier molecular flexibility index (Phi) is 5.68. The number of esters is 1. The molecule has 0 saturated carbocycles. The second-order valence-corrected chi connectivity index (χ2v) is 4.83. The van der Waals surface area contributed by atoms with Crippen molar-refractivity contribution >= 4 is 17.7 Å². The molecule has 0 spiro atoms. The van der Waals surface area contributed by atoms with Gasteiger partial charge in [-0.15, -0.1) is 0 Å². The number of amides is 2. The molecule has 0 aliphatic heterocycles. The molecule has 6 heteroatoms. The predicted molar refractivity (Wildman–Crippen MR) is 84.9 cm³/mol. The summed E-state index contributed by atoms with van der Waals surface area (Å²) >= 11 is 0. The minimum atomic E-state index is -0.434. The van der Waals surface area contributed by atoms with E-state index in [4.69, 9.17) is 0 Å². The predicted octanol–water partition coefficient (Wildman–Crippen LogP) is 2.98. The Morgan fingerprint density at radius 1 is 1.13 bits per heavy atom. The Labute approximate surface area is 133 Å². The van der Waals surface area contributed by atoms with Crippen LogP contribution in [0.2, 0.25) is 0 Å². The van der Waals surface area contributed by atoms with Crippen molar-refractivity contribution in [2.24, 2.45) is 0 Å². The lowest BCUT2D eigenvalue weighted by Gasteiger charge is -2.08. The fraction of sp³-hybridized carbons (Fsp3) is 0.176. The Hall–Kier alpha value is -2.89. The Morgan fingerprint density at radius 2 is 1.87 bits per heavy atom. The van der Waals surface area contributed by atoms with Gasteiger partial charge in [0.05, 0.1) is 12.7 Å². The number of rotatable bonds is 5. The Bertz CT molecular complexity index is 686. The van der Waals surface area contributed by atoms with Crippen LogP contribution in [0.3, 0.4) is 0 Å². The van der Waals surface area contributed by atoms with Crippen LogP contribution in [-0.2, 0) is 11.2 Å². The van der Waals surface area contributed by atoms with Crippen LogP contribution in [0.5, 0.6) is 0 Å². The summed E-state index contributed by atoms with van der Waals surface area (Å²) in [6.45, 7) is 0.384. The molecule has 120 valence electrons. The molecular formula is C17H17FN2O3. The number of benzene rings is 2. The van der Waals surface area contributed by atoms with E-state index in [1.54, 1.807) is 36.4 Å². The fourth-order valence-corrected chi connectivity index (χ4v) is 2.00. The van der Waals surface area contributed by atoms with Crippen LogP contribution in [0.4, 0.5) is 14.9 Å². The van der Waals surface area contributed by atoms with Crippen molar-refractivity contribution < 1.29 is 18.7 Å². The van der Waals surface area contributed by atoms with Gasteiger partial charge in [-0.25, -0.2) is 14.0 Å². The zero-order chi connectivity index (χ0) is 16.7. The maximum atomic E-state index is 13.0. The van der Waals surface area contributed by atoms with Gasteiger partial charge in [0.15, 0.2) is 0 Å². The molecule has 5 nitrogen and oxygen atoms in total. The maximum absolute atomic E-state index is 13.0. The second kappa shape index (κ2) is 7.93. The van der Waals surface area contributed by atoms with E-state index < -0.39 is 5.97 Å². The van der Waals surface area contributed by atoms with Gasteiger partial charge < -0.3 is 15.4 Å². The zero-order valence-corrected chi connectivity index (χ0v) is 12.6. The molecular weight excluding hydrogens is 299 g/mol. The van der Waals surface area contributed by atoms with E-state index in [1.807, 2.05) is 0 Å². The van der Waals surface area contributed by atoms with Crippen molar-refractivity contribution in [3.05, 3.63) is 65.5 Å². The molecule has 0 unspecified atom stereocenters. The third-order valence-electron chi connectivity index (χ3n) is 3.15. The Balaban J connectivity index is 1.79. The first-order valence-electron chi connectivity index (χ1n) is 7.06. The molecule has 0 saturated heterocycles. The average molecular weight is 316 g/mol. The third kappa shape index (κ3) is 5.10. The minimum Gasteiger partial charge on any atom is -0.465 e. The monoisotopic (exact) mass is 316 g/mol. The molecule has 0 heterocycles. The van der Waals surface area contributed by atoms with Crippen molar-refractivity contribution in [1.29, 1.82) is 0 Å². The fourth-order valence-electron chi connectivity index (χ4n) is 2.00. The molecule has 0 aliphatic carbocycles. The number of ether oxygens (including phenoxy) is 1. The summed E-state index contributed by atoms with van der Waals surface area (Å²) in [6.07, 6.45) is 0.534. The number of anilines is 1. The van der Waals surface area contributed by atoms with E-state index in [0.29, 0.717) is 24.2 Å². The summed E-state index contributed by atoms with van der Waals surface area (Å²) in [4.78, 5) is 23.1. The van der Waals surface area contributed by atoms with Crippen molar-refractivity contribution in [1.82, 2.24) is 5.32 Å². The van der Waals surface area contributed by atoms with Gasteiger partial charge in [0, 0.05) is 12.2 Å². The van der Waals surface area contributed by atoms with E-state index in [1.165, 1.54) is 19.2 Å². The minimum absolute atomic E-state index is 0.294. The van der Waals surface area contributed by atoms with E-state index >= 15 is 0 Å². The molecule has 0 aromatic heterocycles. The number of carbonyl (C=O) groups is 2. The lowest BCUT2D eigenvalue weighted by Crippen LogP contribution is -2.30. The van der Waals surface area contributed by atoms with Gasteiger partial charge in [-0.05, 0) is 48.4 Å². The van der Waals surface area contributed by atoms with Crippen LogP contribution < -0.4 is 10.6 Å². The normalized spacial score (nSPS) is 10.0. The van der Waals surface area contributed by atoms with Crippen molar-refractivity contribution in [3.8, 4) is 0 Å². The van der Waals surface area contributed by atoms with Crippen molar-refractivity contribution in [2.75, 3.05) is 19.0 Å². The van der Waals surface area contributed by atoms with Crippen LogP contribution in [0.25, 0.3) is 0 Å². The van der Waals surface area contributed by atoms with Gasteiger partial charge >= 0.3 is 12.0 Å². The number of carbonyl (C=O) groups excluding carboxylic acids is 2. The van der Waals surface area contributed by atoms with Gasteiger partial charge in [-0.2, -0.15) is 0 Å². The summed E-state index contributed by atoms with van der Waals surface area (Å²) < 4.78 is 17.6. The molecule has 0 aliphatic rings. The van der Waals surface area contributed by atoms with Crippen LogP contribution in [0, 0.1) is 5.82 Å². The zero-order valence-electron chi connectivity index (χ0n) is 12.6. The number of urea groups is 1. The highest BCUT2D eigenvalue weighted by atomic mass is 19.1. The van der Waals surface area contributed by atoms with Gasteiger partial charge in [-0.1, -0.05) is 12.1 Å². The van der Waals surface area contributed by atoms with Gasteiger partial charge in [0.25, 0.3) is 0 Å². The summed E-state index contributed by atoms with van der Waals surface area (Å²) in [7, 11) is 1.31. The number of hydrogen-bond donors (Lipinski definition) is 2. The molecule has 0 fully saturated rings. The molecule has 0 radical (unpaired) electrons. The number of hydrogen-bond acceptors (Lipinski definition) is 3. The van der Waals surface area contributed by atoms with Crippen LogP contribution in [-0.4, -0.2) is 25.7 Å². The first-order valence-corrected chi connectivity index (χ1v) is 7.06. The lowest BCUT2D eigenvalue weighted by molar-refractivity contribution is 0.0600. The summed E-state index contributed by atoms with van der Waals surface area (Å²) in [5.74, 6) is -0.728. The van der Waals surface area contributed by atoms with Crippen molar-refractivity contribution in [3.63, 3.8) is 0 Å². The van der Waals surface area contributed by atoms with E-state index in [2.05, 4.69) is 15.4 Å². The third-order valence-corrected chi connectivity index (χ3v) is 3.15.